The van der Waals surface area contributed by atoms with E-state index >= 15 is 0 Å². The Balaban J connectivity index is 1.29. The standard InChI is InChI=1S/C63H63N3O/c1-40-32-41(2)59(67-12)53(33-40)60-65-58-50(46-34-47(36-49(35-46)62(6,7)8)55-37-45(30-31-64-55)42-26-28-48(29-27-42)61(3,4)5)24-19-25-56(58)66(60)57-39-51(43-20-15-13-16-21-43)54(63(9,10)11)38-52(57)44-22-17-14-18-23-44/h13-39H,1-12H3/i3D3,4D3,5D3. The largest absolute Gasteiger partial charge is 0.496 e. The first-order chi connectivity index (χ1) is 35.6. The molecule has 0 atom stereocenters. The molecule has 0 aliphatic heterocycles. The summed E-state index contributed by atoms with van der Waals surface area (Å²) in [6, 6.07) is 52.5. The molecule has 0 aliphatic rings. The average molecular weight is 887 g/mol. The summed E-state index contributed by atoms with van der Waals surface area (Å²) in [7, 11) is 1.71. The van der Waals surface area contributed by atoms with Gasteiger partial charge >= 0.3 is 0 Å². The van der Waals surface area contributed by atoms with Gasteiger partial charge in [-0.2, -0.15) is 0 Å². The molecule has 0 unspecified atom stereocenters. The second-order valence-corrected chi connectivity index (χ2v) is 19.8. The first-order valence-corrected chi connectivity index (χ1v) is 22.8. The Morgan fingerprint density at radius 3 is 1.82 bits per heavy atom. The van der Waals surface area contributed by atoms with Crippen molar-refractivity contribution in [3.8, 4) is 78.6 Å². The van der Waals surface area contributed by atoms with E-state index in [1.807, 2.05) is 24.3 Å². The molecular formula is C63H63N3O. The van der Waals surface area contributed by atoms with Gasteiger partial charge in [0.15, 0.2) is 0 Å². The van der Waals surface area contributed by atoms with Gasteiger partial charge in [-0.05, 0) is 140 Å². The van der Waals surface area contributed by atoms with Crippen molar-refractivity contribution < 1.29 is 17.1 Å². The third-order valence-corrected chi connectivity index (χ3v) is 12.7. The molecule has 7 aromatic carbocycles. The number of ether oxygens (including phenoxy) is 1. The molecule has 4 nitrogen and oxygen atoms in total. The van der Waals surface area contributed by atoms with Crippen LogP contribution in [0.5, 0.6) is 5.75 Å². The van der Waals surface area contributed by atoms with E-state index < -0.39 is 26.0 Å². The van der Waals surface area contributed by atoms with E-state index in [-0.39, 0.29) is 16.4 Å². The second-order valence-electron chi connectivity index (χ2n) is 19.8. The maximum absolute atomic E-state index is 8.23. The zero-order chi connectivity index (χ0) is 54.9. The minimum atomic E-state index is -3.37. The van der Waals surface area contributed by atoms with Crippen LogP contribution in [0.25, 0.3) is 83.9 Å². The van der Waals surface area contributed by atoms with Crippen molar-refractivity contribution in [2.75, 3.05) is 7.11 Å². The quantitative estimate of drug-likeness (QED) is 0.153. The molecule has 0 spiro atoms. The first-order valence-electron chi connectivity index (χ1n) is 27.3. The monoisotopic (exact) mass is 887 g/mol. The number of nitrogens with zero attached hydrogens (tertiary/aromatic N) is 3. The molecule has 2 aromatic heterocycles. The molecular weight excluding hydrogens is 815 g/mol. The number of fused-ring (bicyclic) bond motifs is 1. The van der Waals surface area contributed by atoms with Gasteiger partial charge < -0.3 is 4.74 Å². The number of para-hydroxylation sites is 1. The van der Waals surface area contributed by atoms with Crippen LogP contribution >= 0.6 is 0 Å². The van der Waals surface area contributed by atoms with Crippen molar-refractivity contribution >= 4 is 11.0 Å². The lowest BCUT2D eigenvalue weighted by atomic mass is 9.79. The Kier molecular flexibility index (Phi) is 9.09. The summed E-state index contributed by atoms with van der Waals surface area (Å²) in [6.07, 6.45) is 1.70. The predicted molar refractivity (Wildman–Crippen MR) is 284 cm³/mol. The normalized spacial score (nSPS) is 14.7. The first kappa shape index (κ1) is 35.2. The fourth-order valence-corrected chi connectivity index (χ4v) is 9.29. The van der Waals surface area contributed by atoms with Gasteiger partial charge in [-0.1, -0.05) is 171 Å². The summed E-state index contributed by atoms with van der Waals surface area (Å²) in [4.78, 5) is 10.6. The van der Waals surface area contributed by atoms with E-state index in [4.69, 9.17) is 27.0 Å². The number of methoxy groups -OCH3 is 1. The molecule has 4 heteroatoms. The van der Waals surface area contributed by atoms with E-state index in [1.165, 1.54) is 17.7 Å². The summed E-state index contributed by atoms with van der Waals surface area (Å²) < 4.78 is 82.7. The van der Waals surface area contributed by atoms with Crippen molar-refractivity contribution in [2.24, 2.45) is 0 Å². The number of benzene rings is 7. The van der Waals surface area contributed by atoms with Gasteiger partial charge in [-0.15, -0.1) is 0 Å². The van der Waals surface area contributed by atoms with Gasteiger partial charge in [0.2, 0.25) is 0 Å². The van der Waals surface area contributed by atoms with Gasteiger partial charge in [0.1, 0.15) is 11.6 Å². The molecule has 0 radical (unpaired) electrons. The molecule has 9 aromatic rings. The van der Waals surface area contributed by atoms with Crippen molar-refractivity contribution in [3.05, 3.63) is 192 Å². The van der Waals surface area contributed by atoms with Crippen LogP contribution in [0.4, 0.5) is 0 Å². The number of aromatic nitrogens is 3. The van der Waals surface area contributed by atoms with E-state index in [2.05, 4.69) is 169 Å². The van der Waals surface area contributed by atoms with Crippen LogP contribution in [0.3, 0.4) is 0 Å². The lowest BCUT2D eigenvalue weighted by Crippen LogP contribution is -2.14. The highest BCUT2D eigenvalue weighted by atomic mass is 16.5. The number of hydrogen-bond acceptors (Lipinski definition) is 3. The highest BCUT2D eigenvalue weighted by Crippen LogP contribution is 2.46. The van der Waals surface area contributed by atoms with Gasteiger partial charge in [0.05, 0.1) is 35.1 Å². The molecule has 0 bridgehead atoms. The number of rotatable bonds is 8. The predicted octanol–water partition coefficient (Wildman–Crippen LogP) is 16.9. The highest BCUT2D eigenvalue weighted by molar-refractivity contribution is 5.98. The third-order valence-electron chi connectivity index (χ3n) is 12.7. The smallest absolute Gasteiger partial charge is 0.149 e. The van der Waals surface area contributed by atoms with Crippen LogP contribution in [0.15, 0.2) is 164 Å². The maximum Gasteiger partial charge on any atom is 0.149 e. The SMILES string of the molecule is [2H]C([2H])([2H])C(c1ccc(-c2ccnc(-c3cc(-c4cccc5c4nc(-c4cc(C)cc(C)c4OC)n5-c4cc(-c5ccccc5)c(C(C)(C)C)cc4-c4ccccc4)cc(C(C)(C)C)c3)c2)cc1)(C([2H])([2H])[2H])C([2H])([2H])[2H]. The Morgan fingerprint density at radius 2 is 1.18 bits per heavy atom. The molecule has 0 amide bonds. The zero-order valence-corrected chi connectivity index (χ0v) is 39.8. The van der Waals surface area contributed by atoms with Crippen LogP contribution in [0.1, 0.15) is 102 Å². The van der Waals surface area contributed by atoms with Crippen LogP contribution in [0, 0.1) is 13.8 Å². The number of aryl methyl sites for hydroxylation is 2. The van der Waals surface area contributed by atoms with Gasteiger partial charge in [0, 0.05) is 35.2 Å². The summed E-state index contributed by atoms with van der Waals surface area (Å²) >= 11 is 0. The molecule has 0 N–H and O–H groups in total. The summed E-state index contributed by atoms with van der Waals surface area (Å²) in [6.45, 7) is 7.39. The van der Waals surface area contributed by atoms with Gasteiger partial charge in [-0.3, -0.25) is 9.55 Å². The number of hydrogen-bond donors (Lipinski definition) is 0. The Morgan fingerprint density at radius 1 is 0.507 bits per heavy atom. The molecule has 9 rings (SSSR count). The summed E-state index contributed by atoms with van der Waals surface area (Å²) in [5.74, 6) is 1.47. The zero-order valence-electron chi connectivity index (χ0n) is 48.8. The van der Waals surface area contributed by atoms with E-state index in [0.717, 1.165) is 95.1 Å². The average Bonchev–Trinajstić information content (AvgIpc) is 3.83. The molecule has 0 aliphatic carbocycles. The third kappa shape index (κ3) is 8.86. The van der Waals surface area contributed by atoms with Gasteiger partial charge in [-0.25, -0.2) is 4.98 Å². The molecule has 0 saturated heterocycles. The summed E-state index contributed by atoms with van der Waals surface area (Å²) in [5, 5.41) is 0. The van der Waals surface area contributed by atoms with Gasteiger partial charge in [0.25, 0.3) is 0 Å². The minimum absolute atomic E-state index is 0.205. The van der Waals surface area contributed by atoms with Crippen LogP contribution < -0.4 is 4.74 Å². The Labute approximate surface area is 411 Å². The van der Waals surface area contributed by atoms with Crippen LogP contribution in [-0.4, -0.2) is 21.6 Å². The fraction of sp³-hybridized carbons (Fsp3) is 0.238. The van der Waals surface area contributed by atoms with E-state index in [9.17, 15) is 0 Å². The fourth-order valence-electron chi connectivity index (χ4n) is 9.29. The molecule has 0 fully saturated rings. The van der Waals surface area contributed by atoms with E-state index in [1.54, 1.807) is 25.4 Å². The topological polar surface area (TPSA) is 39.9 Å². The maximum atomic E-state index is 8.23. The van der Waals surface area contributed by atoms with Crippen LogP contribution in [0.2, 0.25) is 0 Å². The summed E-state index contributed by atoms with van der Waals surface area (Å²) in [5.41, 5.74) is 13.0. The van der Waals surface area contributed by atoms with E-state index in [0.29, 0.717) is 11.3 Å². The van der Waals surface area contributed by atoms with Crippen molar-refractivity contribution in [1.29, 1.82) is 0 Å². The Hall–Kier alpha value is -7.04. The van der Waals surface area contributed by atoms with Crippen molar-refractivity contribution in [1.82, 2.24) is 14.5 Å². The highest BCUT2D eigenvalue weighted by Gasteiger charge is 2.28. The van der Waals surface area contributed by atoms with Crippen molar-refractivity contribution in [3.63, 3.8) is 0 Å². The lowest BCUT2D eigenvalue weighted by Gasteiger charge is -2.27. The van der Waals surface area contributed by atoms with Crippen molar-refractivity contribution in [2.45, 2.75) is 92.2 Å². The Bertz CT molecular complexity index is 3580. The molecule has 67 heavy (non-hydrogen) atoms. The molecule has 336 valence electrons. The minimum Gasteiger partial charge on any atom is -0.496 e. The number of imidazole rings is 1. The second kappa shape index (κ2) is 17.3. The number of pyridine rings is 1. The lowest BCUT2D eigenvalue weighted by molar-refractivity contribution is 0.413. The molecule has 0 saturated carbocycles. The van der Waals surface area contributed by atoms with Crippen LogP contribution in [-0.2, 0) is 16.2 Å². The molecule has 2 heterocycles.